The van der Waals surface area contributed by atoms with Crippen molar-refractivity contribution in [1.29, 1.82) is 0 Å². The van der Waals surface area contributed by atoms with Crippen molar-refractivity contribution in [3.05, 3.63) is 34.6 Å². The smallest absolute Gasteiger partial charge is 0.142 e. The summed E-state index contributed by atoms with van der Waals surface area (Å²) >= 11 is 5.94. The van der Waals surface area contributed by atoms with Crippen molar-refractivity contribution < 1.29 is 9.60 Å². The number of benzene rings is 1. The average Bonchev–Trinajstić information content (AvgIpc) is 2.38. The first-order valence-corrected chi connectivity index (χ1v) is 6.46. The maximum absolute atomic E-state index is 13.4. The molecule has 1 rings (SSSR count). The Morgan fingerprint density at radius 3 is 2.79 bits per heavy atom. The zero-order chi connectivity index (χ0) is 14.4. The third kappa shape index (κ3) is 4.69. The molecule has 0 aliphatic carbocycles. The summed E-state index contributed by atoms with van der Waals surface area (Å²) in [5.41, 5.74) is 6.19. The molecular formula is C13H19ClFN3O. The van der Waals surface area contributed by atoms with Gasteiger partial charge in [0.1, 0.15) is 11.7 Å². The zero-order valence-electron chi connectivity index (χ0n) is 11.1. The van der Waals surface area contributed by atoms with E-state index in [-0.39, 0.29) is 16.9 Å². The Balaban J connectivity index is 2.76. The van der Waals surface area contributed by atoms with Crippen molar-refractivity contribution in [2.75, 3.05) is 6.54 Å². The number of hydrogen-bond donors (Lipinski definition) is 2. The van der Waals surface area contributed by atoms with Crippen LogP contribution in [0.15, 0.2) is 23.4 Å². The second kappa shape index (κ2) is 7.31. The molecule has 0 saturated carbocycles. The minimum atomic E-state index is -0.417. The van der Waals surface area contributed by atoms with Crippen molar-refractivity contribution in [1.82, 2.24) is 4.90 Å². The van der Waals surface area contributed by atoms with Crippen LogP contribution in [0.2, 0.25) is 5.02 Å². The maximum atomic E-state index is 13.4. The highest BCUT2D eigenvalue weighted by atomic mass is 35.5. The molecule has 106 valence electrons. The van der Waals surface area contributed by atoms with E-state index in [0.29, 0.717) is 19.5 Å². The standard InChI is InChI=1S/C13H19ClFN3O/c1-9(2)18(7-6-12(16)17-19)8-10-4-3-5-11(15)13(10)14/h3-5,9,19H,6-8H2,1-2H3,(H2,16,17). The first-order chi connectivity index (χ1) is 8.95. The van der Waals surface area contributed by atoms with Gasteiger partial charge >= 0.3 is 0 Å². The molecule has 0 fully saturated rings. The monoisotopic (exact) mass is 287 g/mol. The summed E-state index contributed by atoms with van der Waals surface area (Å²) in [4.78, 5) is 2.08. The second-order valence-corrected chi connectivity index (χ2v) is 5.00. The van der Waals surface area contributed by atoms with Gasteiger partial charge in [-0.25, -0.2) is 4.39 Å². The highest BCUT2D eigenvalue weighted by Crippen LogP contribution is 2.22. The number of halogens is 2. The second-order valence-electron chi connectivity index (χ2n) is 4.62. The zero-order valence-corrected chi connectivity index (χ0v) is 11.9. The van der Waals surface area contributed by atoms with E-state index in [9.17, 15) is 4.39 Å². The van der Waals surface area contributed by atoms with Crippen LogP contribution in [0, 0.1) is 5.82 Å². The summed E-state index contributed by atoms with van der Waals surface area (Å²) in [5.74, 6) is -0.240. The Morgan fingerprint density at radius 2 is 2.21 bits per heavy atom. The van der Waals surface area contributed by atoms with Crippen LogP contribution in [0.4, 0.5) is 4.39 Å². The van der Waals surface area contributed by atoms with E-state index in [1.807, 2.05) is 13.8 Å². The van der Waals surface area contributed by atoms with Crippen molar-refractivity contribution >= 4 is 17.4 Å². The van der Waals surface area contributed by atoms with Gasteiger partial charge in [0, 0.05) is 25.6 Å². The summed E-state index contributed by atoms with van der Waals surface area (Å²) in [5, 5.41) is 11.6. The Kier molecular flexibility index (Phi) is 6.05. The molecule has 1 aromatic rings. The molecule has 4 nitrogen and oxygen atoms in total. The van der Waals surface area contributed by atoms with Crippen LogP contribution >= 0.6 is 11.6 Å². The van der Waals surface area contributed by atoms with Crippen molar-refractivity contribution in [3.8, 4) is 0 Å². The predicted molar refractivity (Wildman–Crippen MR) is 75.0 cm³/mol. The topological polar surface area (TPSA) is 61.8 Å². The lowest BCUT2D eigenvalue weighted by Crippen LogP contribution is -2.33. The van der Waals surface area contributed by atoms with Gasteiger partial charge in [0.05, 0.1) is 5.02 Å². The van der Waals surface area contributed by atoms with E-state index in [1.54, 1.807) is 12.1 Å². The lowest BCUT2D eigenvalue weighted by molar-refractivity contribution is 0.217. The number of amidine groups is 1. The van der Waals surface area contributed by atoms with Crippen LogP contribution in [0.25, 0.3) is 0 Å². The first-order valence-electron chi connectivity index (χ1n) is 6.09. The van der Waals surface area contributed by atoms with Crippen LogP contribution in [-0.2, 0) is 6.54 Å². The lowest BCUT2D eigenvalue weighted by atomic mass is 10.1. The highest BCUT2D eigenvalue weighted by molar-refractivity contribution is 6.31. The highest BCUT2D eigenvalue weighted by Gasteiger charge is 2.14. The lowest BCUT2D eigenvalue weighted by Gasteiger charge is -2.26. The third-order valence-corrected chi connectivity index (χ3v) is 3.34. The number of hydrogen-bond acceptors (Lipinski definition) is 3. The van der Waals surface area contributed by atoms with E-state index >= 15 is 0 Å². The molecule has 0 spiro atoms. The van der Waals surface area contributed by atoms with E-state index in [1.165, 1.54) is 6.07 Å². The quantitative estimate of drug-likeness (QED) is 0.366. The van der Waals surface area contributed by atoms with E-state index in [2.05, 4.69) is 10.1 Å². The predicted octanol–water partition coefficient (Wildman–Crippen LogP) is 2.83. The van der Waals surface area contributed by atoms with Crippen molar-refractivity contribution in [2.45, 2.75) is 32.9 Å². The first kappa shape index (κ1) is 15.7. The number of nitrogens with two attached hydrogens (primary N) is 1. The third-order valence-electron chi connectivity index (χ3n) is 2.92. The molecule has 0 heterocycles. The number of nitrogens with zero attached hydrogens (tertiary/aromatic N) is 2. The molecular weight excluding hydrogens is 269 g/mol. The molecule has 6 heteroatoms. The van der Waals surface area contributed by atoms with Gasteiger partial charge in [0.2, 0.25) is 0 Å². The fourth-order valence-corrected chi connectivity index (χ4v) is 1.90. The van der Waals surface area contributed by atoms with Gasteiger partial charge in [0.15, 0.2) is 0 Å². The Labute approximate surface area is 117 Å². The fraction of sp³-hybridized carbons (Fsp3) is 0.462. The molecule has 0 amide bonds. The molecule has 0 aromatic heterocycles. The molecule has 0 radical (unpaired) electrons. The molecule has 0 aliphatic rings. The fourth-order valence-electron chi connectivity index (χ4n) is 1.72. The Hall–Kier alpha value is -1.33. The minimum Gasteiger partial charge on any atom is -0.409 e. The van der Waals surface area contributed by atoms with Crippen LogP contribution in [0.1, 0.15) is 25.8 Å². The average molecular weight is 288 g/mol. The molecule has 0 saturated heterocycles. The number of rotatable bonds is 6. The van der Waals surface area contributed by atoms with Gasteiger partial charge in [0.25, 0.3) is 0 Å². The summed E-state index contributed by atoms with van der Waals surface area (Å²) in [6.07, 6.45) is 0.446. The van der Waals surface area contributed by atoms with Gasteiger partial charge in [-0.1, -0.05) is 28.9 Å². The molecule has 3 N–H and O–H groups in total. The van der Waals surface area contributed by atoms with Crippen LogP contribution in [-0.4, -0.2) is 28.5 Å². The molecule has 0 atom stereocenters. The Bertz CT molecular complexity index is 452. The SMILES string of the molecule is CC(C)N(CC/C(N)=N/O)Cc1cccc(F)c1Cl. The van der Waals surface area contributed by atoms with Gasteiger partial charge in [-0.3, -0.25) is 4.90 Å². The minimum absolute atomic E-state index is 0.150. The van der Waals surface area contributed by atoms with Crippen LogP contribution < -0.4 is 5.73 Å². The van der Waals surface area contributed by atoms with Crippen molar-refractivity contribution in [2.24, 2.45) is 10.9 Å². The van der Waals surface area contributed by atoms with Crippen LogP contribution in [0.5, 0.6) is 0 Å². The van der Waals surface area contributed by atoms with E-state index in [0.717, 1.165) is 5.56 Å². The largest absolute Gasteiger partial charge is 0.409 e. The molecule has 0 aliphatic heterocycles. The summed E-state index contributed by atoms with van der Waals surface area (Å²) in [6, 6.07) is 5.01. The molecule has 19 heavy (non-hydrogen) atoms. The maximum Gasteiger partial charge on any atom is 0.142 e. The van der Waals surface area contributed by atoms with Crippen LogP contribution in [0.3, 0.4) is 0 Å². The van der Waals surface area contributed by atoms with Gasteiger partial charge in [-0.05, 0) is 25.5 Å². The van der Waals surface area contributed by atoms with Gasteiger partial charge in [-0.15, -0.1) is 0 Å². The molecule has 0 bridgehead atoms. The van der Waals surface area contributed by atoms with Gasteiger partial charge in [-0.2, -0.15) is 0 Å². The van der Waals surface area contributed by atoms with Crippen molar-refractivity contribution in [3.63, 3.8) is 0 Å². The summed E-state index contributed by atoms with van der Waals surface area (Å²) in [6.45, 7) is 5.19. The molecule has 0 unspecified atom stereocenters. The summed E-state index contributed by atoms with van der Waals surface area (Å²) < 4.78 is 13.4. The normalized spacial score (nSPS) is 12.4. The van der Waals surface area contributed by atoms with E-state index < -0.39 is 5.82 Å². The number of oxime groups is 1. The summed E-state index contributed by atoms with van der Waals surface area (Å²) in [7, 11) is 0. The van der Waals surface area contributed by atoms with E-state index in [4.69, 9.17) is 22.5 Å². The Morgan fingerprint density at radius 1 is 1.53 bits per heavy atom. The van der Waals surface area contributed by atoms with Gasteiger partial charge < -0.3 is 10.9 Å². The molecule has 1 aromatic carbocycles.